The topological polar surface area (TPSA) is 43.0 Å². The van der Waals surface area contributed by atoms with Gasteiger partial charge < -0.3 is 8.80 Å². The summed E-state index contributed by atoms with van der Waals surface area (Å²) in [6, 6.07) is 20.0. The van der Waals surface area contributed by atoms with E-state index in [1.54, 1.807) is 0 Å². The second-order valence-electron chi connectivity index (χ2n) is 30.2. The monoisotopic (exact) mass is 943 g/mol. The molecule has 0 aliphatic heterocycles. The molecular weight excluding hydrogens is 865 g/mol. The lowest BCUT2D eigenvalue weighted by Gasteiger charge is -2.48. The molecule has 2 fully saturated rings. The van der Waals surface area contributed by atoms with Crippen molar-refractivity contribution in [3.05, 3.63) is 93.0 Å². The van der Waals surface area contributed by atoms with Crippen LogP contribution in [0.4, 0.5) is 0 Å². The van der Waals surface area contributed by atoms with Crippen LogP contribution in [-0.2, 0) is 32.5 Å². The third-order valence-corrected chi connectivity index (χ3v) is 20.6. The van der Waals surface area contributed by atoms with Gasteiger partial charge in [0.1, 0.15) is 0 Å². The van der Waals surface area contributed by atoms with Crippen molar-refractivity contribution in [2.45, 2.75) is 208 Å². The minimum atomic E-state index is -0.384. The molecule has 0 amide bonds. The van der Waals surface area contributed by atoms with Crippen LogP contribution in [0.3, 0.4) is 0 Å². The van der Waals surface area contributed by atoms with E-state index < -0.39 is 0 Å². The number of nitrogens with zero attached hydrogens (tertiary/aromatic N) is 2. The maximum absolute atomic E-state index is 15.6. The summed E-state index contributed by atoms with van der Waals surface area (Å²) in [6.07, 6.45) is 7.96. The Morgan fingerprint density at radius 3 is 1.00 bits per heavy atom. The standard InChI is InChI=1S/C67H78N2O2/c1-59(2,3)43-33-45(61(7,8)9)53-39-32-50-40(31-49(39)68-47-29-35-41(27-37(47)51(43)55(53)68)64(16)19-21-66(18,22-20-64)57(35)70)54-46(62(10,11)12)34-44(60(4,5)6)52-38-28-42-36(30-48(38)69(50)56(52)54)58(71)67(63(13,14)15)25-23-65(42,17)24-26-67/h27-34H,19-26H2,1-18H3. The van der Waals surface area contributed by atoms with E-state index in [4.69, 9.17) is 0 Å². The van der Waals surface area contributed by atoms with Crippen LogP contribution in [0, 0.1) is 16.2 Å². The van der Waals surface area contributed by atoms with Gasteiger partial charge in [-0.05, 0) is 159 Å². The van der Waals surface area contributed by atoms with E-state index in [1.165, 1.54) is 98.5 Å². The molecule has 0 saturated heterocycles. The predicted octanol–water partition coefficient (Wildman–Crippen LogP) is 18.3. The van der Waals surface area contributed by atoms with Crippen LogP contribution in [0.1, 0.15) is 230 Å². The zero-order chi connectivity index (χ0) is 50.8. The van der Waals surface area contributed by atoms with Gasteiger partial charge in [0, 0.05) is 65.0 Å². The van der Waals surface area contributed by atoms with Crippen LogP contribution >= 0.6 is 0 Å². The largest absolute Gasteiger partial charge is 0.308 e. The number of hydrogen-bond acceptors (Lipinski definition) is 2. The number of ketones is 2. The number of hydrogen-bond donors (Lipinski definition) is 0. The summed E-state index contributed by atoms with van der Waals surface area (Å²) in [7, 11) is 0. The fraction of sp³-hybridized carbons (Fsp3) is 0.522. The Labute approximate surface area is 422 Å². The highest BCUT2D eigenvalue weighted by molar-refractivity contribution is 6.31. The predicted molar refractivity (Wildman–Crippen MR) is 301 cm³/mol. The molecule has 6 aliphatic carbocycles. The summed E-state index contributed by atoms with van der Waals surface area (Å²) in [4.78, 5) is 30.6. The van der Waals surface area contributed by atoms with Gasteiger partial charge >= 0.3 is 0 Å². The Hall–Kier alpha value is -4.96. The average Bonchev–Trinajstić information content (AvgIpc) is 3.93. The summed E-state index contributed by atoms with van der Waals surface area (Å²) in [5.41, 5.74) is 15.7. The first-order valence-corrected chi connectivity index (χ1v) is 27.4. The molecule has 0 atom stereocenters. The molecule has 6 aliphatic rings. The molecule has 0 spiro atoms. The molecule has 0 N–H and O–H groups in total. The van der Waals surface area contributed by atoms with Crippen LogP contribution in [-0.4, -0.2) is 20.4 Å². The Kier molecular flexibility index (Phi) is 8.42. The van der Waals surface area contributed by atoms with Gasteiger partial charge in [-0.1, -0.05) is 137 Å². The van der Waals surface area contributed by atoms with Crippen molar-refractivity contribution in [3.63, 3.8) is 0 Å². The van der Waals surface area contributed by atoms with Crippen molar-refractivity contribution in [3.8, 4) is 0 Å². The van der Waals surface area contributed by atoms with Crippen molar-refractivity contribution in [2.75, 3.05) is 0 Å². The zero-order valence-electron chi connectivity index (χ0n) is 46.5. The van der Waals surface area contributed by atoms with Crippen LogP contribution in [0.5, 0.6) is 0 Å². The minimum absolute atomic E-state index is 0.0275. The van der Waals surface area contributed by atoms with E-state index in [9.17, 15) is 4.79 Å². The quantitative estimate of drug-likeness (QED) is 0.152. The third-order valence-electron chi connectivity index (χ3n) is 20.6. The van der Waals surface area contributed by atoms with Crippen LogP contribution < -0.4 is 0 Å². The molecule has 4 heteroatoms. The molecular formula is C67H78N2O2. The second kappa shape index (κ2) is 13.0. The van der Waals surface area contributed by atoms with Gasteiger partial charge in [-0.15, -0.1) is 0 Å². The number of benzene rings is 5. The first-order chi connectivity index (χ1) is 32.7. The lowest BCUT2D eigenvalue weighted by molar-refractivity contribution is 0.0248. The lowest BCUT2D eigenvalue weighted by Crippen LogP contribution is -2.45. The van der Waals surface area contributed by atoms with Crippen molar-refractivity contribution >= 4 is 87.8 Å². The van der Waals surface area contributed by atoms with Crippen molar-refractivity contribution in [1.29, 1.82) is 0 Å². The molecule has 0 unspecified atom stereocenters. The number of carbonyl (C=O) groups excluding carboxylic acids is 2. The highest BCUT2D eigenvalue weighted by Gasteiger charge is 2.57. The van der Waals surface area contributed by atoms with Gasteiger partial charge in [0.2, 0.25) is 0 Å². The summed E-state index contributed by atoms with van der Waals surface area (Å²) in [5.74, 6) is 0.691. The fourth-order valence-electron chi connectivity index (χ4n) is 15.9. The summed E-state index contributed by atoms with van der Waals surface area (Å²) in [5, 5.41) is 10.4. The summed E-state index contributed by atoms with van der Waals surface area (Å²) < 4.78 is 5.22. The van der Waals surface area contributed by atoms with Crippen molar-refractivity contribution < 1.29 is 9.59 Å². The highest BCUT2D eigenvalue weighted by Crippen LogP contribution is 2.62. The number of Topliss-reactive ketones (excluding diaryl/α,β-unsaturated/α-hetero) is 2. The lowest BCUT2D eigenvalue weighted by atomic mass is 9.55. The molecule has 368 valence electrons. The first-order valence-electron chi connectivity index (χ1n) is 27.4. The molecule has 9 aromatic rings. The molecule has 2 saturated carbocycles. The fourth-order valence-corrected chi connectivity index (χ4v) is 15.9. The first kappa shape index (κ1) is 45.9. The molecule has 4 bridgehead atoms. The van der Waals surface area contributed by atoms with Gasteiger partial charge in [0.05, 0.1) is 33.1 Å². The molecule has 71 heavy (non-hydrogen) atoms. The number of fused-ring (bicyclic) bond motifs is 16. The molecule has 4 heterocycles. The Morgan fingerprint density at radius 1 is 0.366 bits per heavy atom. The molecule has 5 aromatic carbocycles. The number of rotatable bonds is 0. The normalized spacial score (nSPS) is 25.7. The van der Waals surface area contributed by atoms with E-state index in [2.05, 4.69) is 182 Å². The Bertz CT molecular complexity index is 3900. The third kappa shape index (κ3) is 5.54. The smallest absolute Gasteiger partial charge is 0.169 e. The Morgan fingerprint density at radius 2 is 0.662 bits per heavy atom. The van der Waals surface area contributed by atoms with E-state index in [1.807, 2.05) is 0 Å². The van der Waals surface area contributed by atoms with E-state index in [0.29, 0.717) is 11.6 Å². The van der Waals surface area contributed by atoms with E-state index >= 15 is 4.79 Å². The number of carbonyl (C=O) groups is 2. The minimum Gasteiger partial charge on any atom is -0.308 e. The van der Waals surface area contributed by atoms with Crippen LogP contribution in [0.2, 0.25) is 0 Å². The van der Waals surface area contributed by atoms with Gasteiger partial charge in [-0.3, -0.25) is 9.59 Å². The van der Waals surface area contributed by atoms with E-state index in [-0.39, 0.29) is 48.7 Å². The van der Waals surface area contributed by atoms with Crippen molar-refractivity contribution in [2.24, 2.45) is 16.2 Å². The molecule has 4 nitrogen and oxygen atoms in total. The van der Waals surface area contributed by atoms with Gasteiger partial charge in [-0.2, -0.15) is 0 Å². The molecule has 4 aromatic heterocycles. The molecule has 15 rings (SSSR count). The second-order valence-corrected chi connectivity index (χ2v) is 30.2. The summed E-state index contributed by atoms with van der Waals surface area (Å²) in [6.45, 7) is 42.7. The average molecular weight is 943 g/mol. The van der Waals surface area contributed by atoms with Gasteiger partial charge in [0.25, 0.3) is 0 Å². The SMILES string of the molecule is CC12CCC(C)(CC1)c1cc3c4c(C(C)(C)C)cc(C(C)(C)C)c5c6cc7c(cc6n(c3cc1C2=O)c45)c1c(C(C)(C)C)cc(C(C)(C)C)c2c3cc4c(cc3n7c21)C(=O)C1(C(C)(C)C)CCC4(C)CC1. The maximum atomic E-state index is 15.6. The number of aromatic nitrogens is 2. The molecule has 0 radical (unpaired) electrons. The van der Waals surface area contributed by atoms with Crippen LogP contribution in [0.15, 0.2) is 48.5 Å². The van der Waals surface area contributed by atoms with Crippen LogP contribution in [0.25, 0.3) is 76.2 Å². The Balaban J connectivity index is 1.27. The van der Waals surface area contributed by atoms with Crippen molar-refractivity contribution in [1.82, 2.24) is 8.80 Å². The highest BCUT2D eigenvalue weighted by atomic mass is 16.1. The van der Waals surface area contributed by atoms with Gasteiger partial charge in [-0.25, -0.2) is 0 Å². The summed E-state index contributed by atoms with van der Waals surface area (Å²) >= 11 is 0. The van der Waals surface area contributed by atoms with E-state index in [0.717, 1.165) is 73.5 Å². The van der Waals surface area contributed by atoms with Gasteiger partial charge in [0.15, 0.2) is 11.6 Å². The zero-order valence-corrected chi connectivity index (χ0v) is 46.5. The maximum Gasteiger partial charge on any atom is 0.169 e.